The summed E-state index contributed by atoms with van der Waals surface area (Å²) in [5.74, 6) is -0.842. The number of nitrogens with zero attached hydrogens (tertiary/aromatic N) is 2. The molecule has 1 aromatic carbocycles. The smallest absolute Gasteiger partial charge is 0.267 e. The fourth-order valence-electron chi connectivity index (χ4n) is 3.46. The monoisotopic (exact) mass is 369 g/mol. The molecule has 6 heteroatoms. The number of thiophene rings is 1. The van der Waals surface area contributed by atoms with Gasteiger partial charge in [-0.1, -0.05) is 18.6 Å². The molecule has 26 heavy (non-hydrogen) atoms. The van der Waals surface area contributed by atoms with E-state index >= 15 is 0 Å². The molecule has 4 rings (SSSR count). The number of nitrogens with two attached hydrogens (primary N) is 1. The molecule has 1 aliphatic rings. The van der Waals surface area contributed by atoms with Gasteiger partial charge in [-0.3, -0.25) is 9.69 Å². The predicted octanol–water partition coefficient (Wildman–Crippen LogP) is 4.19. The summed E-state index contributed by atoms with van der Waals surface area (Å²) in [6.07, 6.45) is 3.80. The lowest BCUT2D eigenvalue weighted by molar-refractivity contribution is 0.0996. The van der Waals surface area contributed by atoms with E-state index in [2.05, 4.69) is 9.88 Å². The molecule has 4 nitrogen and oxygen atoms in total. The standard InChI is InChI=1S/C20H20FN3OS/c21-14-6-4-13(5-7-14)16-11-18(20(22)25)23-17-10-15(26-19(16)17)12-24-8-2-1-3-9-24/h4-7,10-11H,1-3,8-9,12H2,(H2,22,25). The first kappa shape index (κ1) is 17.1. The van der Waals surface area contributed by atoms with Crippen molar-refractivity contribution in [1.82, 2.24) is 9.88 Å². The zero-order valence-corrected chi connectivity index (χ0v) is 15.2. The summed E-state index contributed by atoms with van der Waals surface area (Å²) in [6, 6.07) is 10.0. The number of carbonyl (C=O) groups is 1. The topological polar surface area (TPSA) is 59.2 Å². The average molecular weight is 369 g/mol. The van der Waals surface area contributed by atoms with Gasteiger partial charge >= 0.3 is 0 Å². The van der Waals surface area contributed by atoms with Crippen LogP contribution in [-0.4, -0.2) is 28.9 Å². The molecule has 1 aliphatic heterocycles. The second-order valence-corrected chi connectivity index (χ2v) is 7.83. The molecule has 1 amide bonds. The number of piperidine rings is 1. The van der Waals surface area contributed by atoms with Gasteiger partial charge in [0.25, 0.3) is 5.91 Å². The number of hydrogen-bond donors (Lipinski definition) is 1. The largest absolute Gasteiger partial charge is 0.364 e. The second kappa shape index (κ2) is 7.13. The lowest BCUT2D eigenvalue weighted by Gasteiger charge is -2.25. The zero-order chi connectivity index (χ0) is 18.1. The van der Waals surface area contributed by atoms with Crippen LogP contribution < -0.4 is 5.73 Å². The summed E-state index contributed by atoms with van der Waals surface area (Å²) < 4.78 is 14.3. The molecule has 3 aromatic rings. The Bertz CT molecular complexity index is 946. The Morgan fingerprint density at radius 1 is 1.15 bits per heavy atom. The van der Waals surface area contributed by atoms with E-state index < -0.39 is 5.91 Å². The van der Waals surface area contributed by atoms with Gasteiger partial charge in [0.1, 0.15) is 11.5 Å². The van der Waals surface area contributed by atoms with Crippen molar-refractivity contribution in [2.24, 2.45) is 5.73 Å². The van der Waals surface area contributed by atoms with Gasteiger partial charge in [0.2, 0.25) is 0 Å². The summed E-state index contributed by atoms with van der Waals surface area (Å²) in [5.41, 5.74) is 8.20. The van der Waals surface area contributed by atoms with Gasteiger partial charge in [0.05, 0.1) is 10.2 Å². The van der Waals surface area contributed by atoms with Crippen molar-refractivity contribution in [2.75, 3.05) is 13.1 Å². The first-order valence-corrected chi connectivity index (χ1v) is 9.63. The van der Waals surface area contributed by atoms with E-state index in [9.17, 15) is 9.18 Å². The van der Waals surface area contributed by atoms with Crippen molar-refractivity contribution in [2.45, 2.75) is 25.8 Å². The fourth-order valence-corrected chi connectivity index (χ4v) is 4.63. The summed E-state index contributed by atoms with van der Waals surface area (Å²) in [6.45, 7) is 3.15. The van der Waals surface area contributed by atoms with Crippen molar-refractivity contribution < 1.29 is 9.18 Å². The SMILES string of the molecule is NC(=O)c1cc(-c2ccc(F)cc2)c2sc(CN3CCCCC3)cc2n1. The van der Waals surface area contributed by atoms with Gasteiger partial charge in [-0.05, 0) is 55.8 Å². The second-order valence-electron chi connectivity index (χ2n) is 6.69. The Morgan fingerprint density at radius 2 is 1.88 bits per heavy atom. The Labute approximate surface area is 155 Å². The maximum Gasteiger partial charge on any atom is 0.267 e. The van der Waals surface area contributed by atoms with E-state index in [0.717, 1.165) is 41.0 Å². The zero-order valence-electron chi connectivity index (χ0n) is 14.4. The lowest BCUT2D eigenvalue weighted by Crippen LogP contribution is -2.28. The number of likely N-dealkylation sites (tertiary alicyclic amines) is 1. The molecule has 134 valence electrons. The van der Waals surface area contributed by atoms with Gasteiger partial charge in [-0.15, -0.1) is 11.3 Å². The van der Waals surface area contributed by atoms with Gasteiger partial charge in [0.15, 0.2) is 0 Å². The molecule has 1 saturated heterocycles. The Hall–Kier alpha value is -2.31. The molecule has 0 atom stereocenters. The van der Waals surface area contributed by atoms with Crippen LogP contribution in [0.1, 0.15) is 34.6 Å². The van der Waals surface area contributed by atoms with Gasteiger partial charge in [-0.25, -0.2) is 9.37 Å². The highest BCUT2D eigenvalue weighted by Crippen LogP contribution is 2.35. The number of primary amides is 1. The van der Waals surface area contributed by atoms with E-state index in [0.29, 0.717) is 0 Å². The van der Waals surface area contributed by atoms with Crippen LogP contribution in [0.15, 0.2) is 36.4 Å². The quantitative estimate of drug-likeness (QED) is 0.750. The van der Waals surface area contributed by atoms with Crippen LogP contribution in [0.2, 0.25) is 0 Å². The van der Waals surface area contributed by atoms with Crippen LogP contribution >= 0.6 is 11.3 Å². The van der Waals surface area contributed by atoms with Crippen molar-refractivity contribution in [1.29, 1.82) is 0 Å². The molecule has 3 heterocycles. The van der Waals surface area contributed by atoms with E-state index in [4.69, 9.17) is 5.73 Å². The number of pyridine rings is 1. The minimum atomic E-state index is -0.556. The van der Waals surface area contributed by atoms with Gasteiger partial charge in [0, 0.05) is 17.0 Å². The van der Waals surface area contributed by atoms with E-state index in [1.54, 1.807) is 29.5 Å². The van der Waals surface area contributed by atoms with Crippen LogP contribution in [0.3, 0.4) is 0 Å². The number of benzene rings is 1. The number of fused-ring (bicyclic) bond motifs is 1. The Kier molecular flexibility index (Phi) is 4.70. The Morgan fingerprint density at radius 3 is 2.58 bits per heavy atom. The molecule has 0 bridgehead atoms. The van der Waals surface area contributed by atoms with Crippen LogP contribution in [0.4, 0.5) is 4.39 Å². The van der Waals surface area contributed by atoms with Crippen LogP contribution in [0.25, 0.3) is 21.3 Å². The molecule has 0 saturated carbocycles. The van der Waals surface area contributed by atoms with E-state index in [1.807, 2.05) is 6.07 Å². The van der Waals surface area contributed by atoms with Gasteiger partial charge < -0.3 is 5.73 Å². The number of halogens is 1. The van der Waals surface area contributed by atoms with Crippen molar-refractivity contribution in [3.8, 4) is 11.1 Å². The maximum atomic E-state index is 13.3. The van der Waals surface area contributed by atoms with Gasteiger partial charge in [-0.2, -0.15) is 0 Å². The molecular formula is C20H20FN3OS. The normalized spacial score (nSPS) is 15.4. The minimum absolute atomic E-state index is 0.235. The van der Waals surface area contributed by atoms with Crippen molar-refractivity contribution >= 4 is 27.5 Å². The highest BCUT2D eigenvalue weighted by atomic mass is 32.1. The number of aromatic nitrogens is 1. The summed E-state index contributed by atoms with van der Waals surface area (Å²) in [5, 5.41) is 0. The summed E-state index contributed by atoms with van der Waals surface area (Å²) >= 11 is 1.69. The predicted molar refractivity (Wildman–Crippen MR) is 103 cm³/mol. The molecule has 0 radical (unpaired) electrons. The Balaban J connectivity index is 1.78. The summed E-state index contributed by atoms with van der Waals surface area (Å²) in [4.78, 5) is 19.8. The average Bonchev–Trinajstić information content (AvgIpc) is 3.04. The summed E-state index contributed by atoms with van der Waals surface area (Å²) in [7, 11) is 0. The number of amides is 1. The molecular weight excluding hydrogens is 349 g/mol. The molecule has 0 aliphatic carbocycles. The van der Waals surface area contributed by atoms with Crippen LogP contribution in [-0.2, 0) is 6.54 Å². The third-order valence-corrected chi connectivity index (χ3v) is 5.91. The van der Waals surface area contributed by atoms with Crippen molar-refractivity contribution in [3.63, 3.8) is 0 Å². The van der Waals surface area contributed by atoms with E-state index in [1.165, 1.54) is 36.3 Å². The third kappa shape index (κ3) is 3.48. The number of rotatable bonds is 4. The van der Waals surface area contributed by atoms with Crippen molar-refractivity contribution in [3.05, 3.63) is 52.8 Å². The number of hydrogen-bond acceptors (Lipinski definition) is 4. The van der Waals surface area contributed by atoms with Crippen LogP contribution in [0.5, 0.6) is 0 Å². The highest BCUT2D eigenvalue weighted by molar-refractivity contribution is 7.19. The number of carbonyl (C=O) groups excluding carboxylic acids is 1. The molecule has 0 spiro atoms. The molecule has 0 unspecified atom stereocenters. The first-order chi connectivity index (χ1) is 12.6. The minimum Gasteiger partial charge on any atom is -0.364 e. The highest BCUT2D eigenvalue weighted by Gasteiger charge is 2.17. The maximum absolute atomic E-state index is 13.3. The van der Waals surface area contributed by atoms with Crippen LogP contribution in [0, 0.1) is 5.82 Å². The molecule has 1 fully saturated rings. The molecule has 2 N–H and O–H groups in total. The lowest BCUT2D eigenvalue weighted by atomic mass is 10.0. The molecule has 2 aromatic heterocycles. The third-order valence-electron chi connectivity index (χ3n) is 4.77. The van der Waals surface area contributed by atoms with E-state index in [-0.39, 0.29) is 11.5 Å². The fraction of sp³-hybridized carbons (Fsp3) is 0.300. The first-order valence-electron chi connectivity index (χ1n) is 8.82.